The van der Waals surface area contributed by atoms with E-state index in [1.165, 1.54) is 7.11 Å². The van der Waals surface area contributed by atoms with E-state index in [0.29, 0.717) is 23.9 Å². The Bertz CT molecular complexity index is 1190. The number of carbonyl (C=O) groups is 1. The second kappa shape index (κ2) is 7.09. The van der Waals surface area contributed by atoms with Crippen LogP contribution in [0.5, 0.6) is 0 Å². The van der Waals surface area contributed by atoms with Crippen LogP contribution in [0.4, 0.5) is 16.4 Å². The summed E-state index contributed by atoms with van der Waals surface area (Å²) in [6.45, 7) is 4.37. The summed E-state index contributed by atoms with van der Waals surface area (Å²) in [5.41, 5.74) is 3.10. The summed E-state index contributed by atoms with van der Waals surface area (Å²) < 4.78 is 10.7. The summed E-state index contributed by atoms with van der Waals surface area (Å²) in [7, 11) is 1.38. The van der Waals surface area contributed by atoms with Gasteiger partial charge in [-0.1, -0.05) is 22.8 Å². The molecule has 10 heteroatoms. The van der Waals surface area contributed by atoms with Crippen LogP contribution in [-0.4, -0.2) is 59.4 Å². The van der Waals surface area contributed by atoms with E-state index in [2.05, 4.69) is 24.9 Å². The van der Waals surface area contributed by atoms with Crippen LogP contribution in [0.15, 0.2) is 41.3 Å². The van der Waals surface area contributed by atoms with Gasteiger partial charge in [-0.25, -0.2) is 9.78 Å². The van der Waals surface area contributed by atoms with Gasteiger partial charge in [0.2, 0.25) is 0 Å². The molecule has 0 radical (unpaired) electrons. The van der Waals surface area contributed by atoms with Crippen LogP contribution in [0.2, 0.25) is 5.02 Å². The van der Waals surface area contributed by atoms with Crippen LogP contribution in [0.3, 0.4) is 0 Å². The normalized spacial score (nSPS) is 18.4. The average molecular weight is 453 g/mol. The number of halogens is 1. The number of fused-ring (bicyclic) bond motifs is 3. The highest BCUT2D eigenvalue weighted by Gasteiger charge is 2.53. The Labute approximate surface area is 189 Å². The first-order valence-electron chi connectivity index (χ1n) is 10.4. The van der Waals surface area contributed by atoms with Crippen LogP contribution in [0.25, 0.3) is 11.1 Å². The van der Waals surface area contributed by atoms with Crippen LogP contribution in [0.1, 0.15) is 11.3 Å². The topological polar surface area (TPSA) is 87.8 Å². The van der Waals surface area contributed by atoms with Gasteiger partial charge in [0.1, 0.15) is 5.82 Å². The number of anilines is 2. The van der Waals surface area contributed by atoms with Gasteiger partial charge in [-0.05, 0) is 23.3 Å². The van der Waals surface area contributed by atoms with Gasteiger partial charge in [0.15, 0.2) is 11.6 Å². The van der Waals surface area contributed by atoms with Crippen molar-refractivity contribution in [2.75, 3.05) is 43.1 Å². The molecule has 9 nitrogen and oxygen atoms in total. The summed E-state index contributed by atoms with van der Waals surface area (Å²) >= 11 is 6.26. The maximum absolute atomic E-state index is 12.3. The number of benzene rings is 1. The standard InChI is InChI=1S/C22H21ClN6O3/c1-31-21(30)27-8-14-6-15(23)2-3-16(14)19-17(9-27)32-26-20(19)29-12-22(13-29)10-28(11-22)18-7-24-4-5-25-18/h2-7H,8-13H2,1H3. The molecule has 0 atom stereocenters. The number of methoxy groups -OCH3 is 1. The molecule has 3 aliphatic heterocycles. The highest BCUT2D eigenvalue weighted by Crippen LogP contribution is 2.47. The number of hydrogen-bond donors (Lipinski definition) is 0. The van der Waals surface area contributed by atoms with Crippen LogP contribution in [0, 0.1) is 5.41 Å². The zero-order valence-corrected chi connectivity index (χ0v) is 18.2. The number of carbonyl (C=O) groups excluding carboxylic acids is 1. The zero-order chi connectivity index (χ0) is 21.9. The predicted octanol–water partition coefficient (Wildman–Crippen LogP) is 3.19. The van der Waals surface area contributed by atoms with Crippen molar-refractivity contribution in [2.24, 2.45) is 5.41 Å². The summed E-state index contributed by atoms with van der Waals surface area (Å²) in [5.74, 6) is 2.39. The minimum atomic E-state index is -0.414. The van der Waals surface area contributed by atoms with Crippen molar-refractivity contribution >= 4 is 29.3 Å². The van der Waals surface area contributed by atoms with E-state index in [1.54, 1.807) is 23.5 Å². The lowest BCUT2D eigenvalue weighted by Gasteiger charge is -2.60. The fourth-order valence-electron chi connectivity index (χ4n) is 5.03. The largest absolute Gasteiger partial charge is 0.453 e. The average Bonchev–Trinajstić information content (AvgIpc) is 3.07. The van der Waals surface area contributed by atoms with Crippen molar-refractivity contribution in [1.82, 2.24) is 20.0 Å². The van der Waals surface area contributed by atoms with E-state index in [4.69, 9.17) is 20.9 Å². The van der Waals surface area contributed by atoms with Gasteiger partial charge in [-0.15, -0.1) is 0 Å². The van der Waals surface area contributed by atoms with Gasteiger partial charge in [0, 0.05) is 49.0 Å². The first-order valence-corrected chi connectivity index (χ1v) is 10.8. The Kier molecular flexibility index (Phi) is 4.29. The molecule has 6 rings (SSSR count). The molecule has 0 unspecified atom stereocenters. The van der Waals surface area contributed by atoms with E-state index in [1.807, 2.05) is 18.2 Å². The van der Waals surface area contributed by atoms with Gasteiger partial charge < -0.3 is 19.1 Å². The smallest absolute Gasteiger partial charge is 0.410 e. The highest BCUT2D eigenvalue weighted by molar-refractivity contribution is 6.30. The molecule has 2 fully saturated rings. The van der Waals surface area contributed by atoms with E-state index < -0.39 is 6.09 Å². The fraction of sp³-hybridized carbons (Fsp3) is 0.364. The minimum absolute atomic E-state index is 0.231. The van der Waals surface area contributed by atoms with Crippen LogP contribution in [-0.2, 0) is 17.8 Å². The molecule has 0 N–H and O–H groups in total. The molecule has 2 aromatic heterocycles. The van der Waals surface area contributed by atoms with E-state index in [0.717, 1.165) is 54.5 Å². The molecule has 2 saturated heterocycles. The lowest BCUT2D eigenvalue weighted by molar-refractivity contribution is 0.114. The minimum Gasteiger partial charge on any atom is -0.453 e. The number of nitrogens with zero attached hydrogens (tertiary/aromatic N) is 6. The Balaban J connectivity index is 1.27. The van der Waals surface area contributed by atoms with Gasteiger partial charge in [0.05, 0.1) is 32.0 Å². The van der Waals surface area contributed by atoms with Crippen molar-refractivity contribution in [3.63, 3.8) is 0 Å². The number of amides is 1. The third-order valence-corrected chi connectivity index (χ3v) is 6.72. The third kappa shape index (κ3) is 2.99. The van der Waals surface area contributed by atoms with E-state index >= 15 is 0 Å². The molecule has 1 aromatic carbocycles. The molecule has 32 heavy (non-hydrogen) atoms. The molecule has 1 amide bonds. The highest BCUT2D eigenvalue weighted by atomic mass is 35.5. The molecular weight excluding hydrogens is 432 g/mol. The van der Waals surface area contributed by atoms with Crippen molar-refractivity contribution < 1.29 is 14.1 Å². The van der Waals surface area contributed by atoms with E-state index in [-0.39, 0.29) is 5.41 Å². The predicted molar refractivity (Wildman–Crippen MR) is 117 cm³/mol. The van der Waals surface area contributed by atoms with Gasteiger partial charge in [0.25, 0.3) is 0 Å². The summed E-state index contributed by atoms with van der Waals surface area (Å²) in [6, 6.07) is 5.73. The fourth-order valence-corrected chi connectivity index (χ4v) is 5.23. The van der Waals surface area contributed by atoms with Crippen LogP contribution >= 0.6 is 11.6 Å². The number of aromatic nitrogens is 3. The molecule has 1 spiro atoms. The second-order valence-electron chi connectivity index (χ2n) is 8.71. The monoisotopic (exact) mass is 452 g/mol. The zero-order valence-electron chi connectivity index (χ0n) is 17.5. The molecule has 5 heterocycles. The first kappa shape index (κ1) is 19.4. The Morgan fingerprint density at radius 3 is 2.72 bits per heavy atom. The lowest BCUT2D eigenvalue weighted by Crippen LogP contribution is -2.72. The third-order valence-electron chi connectivity index (χ3n) is 6.49. The first-order chi connectivity index (χ1) is 15.5. The summed E-state index contributed by atoms with van der Waals surface area (Å²) in [4.78, 5) is 26.9. The van der Waals surface area contributed by atoms with Crippen molar-refractivity contribution in [3.05, 3.63) is 53.1 Å². The number of ether oxygens (including phenoxy) is 1. The molecule has 3 aliphatic rings. The molecule has 0 aliphatic carbocycles. The Hall–Kier alpha value is -3.33. The maximum Gasteiger partial charge on any atom is 0.410 e. The SMILES string of the molecule is COC(=O)N1Cc2cc(Cl)ccc2-c2c(N3CC4(CN(c5cnccn5)C4)C3)noc2C1. The Morgan fingerprint density at radius 1 is 1.16 bits per heavy atom. The summed E-state index contributed by atoms with van der Waals surface area (Å²) in [6.07, 6.45) is 4.80. The quantitative estimate of drug-likeness (QED) is 0.585. The molecule has 3 aromatic rings. The number of rotatable bonds is 2. The number of hydrogen-bond acceptors (Lipinski definition) is 8. The maximum atomic E-state index is 12.3. The van der Waals surface area contributed by atoms with Gasteiger partial charge in [-0.3, -0.25) is 9.88 Å². The van der Waals surface area contributed by atoms with Gasteiger partial charge in [-0.2, -0.15) is 0 Å². The van der Waals surface area contributed by atoms with Crippen molar-refractivity contribution in [1.29, 1.82) is 0 Å². The van der Waals surface area contributed by atoms with E-state index in [9.17, 15) is 4.79 Å². The molecular formula is C22H21ClN6O3. The van der Waals surface area contributed by atoms with Crippen molar-refractivity contribution in [2.45, 2.75) is 13.1 Å². The van der Waals surface area contributed by atoms with Crippen molar-refractivity contribution in [3.8, 4) is 11.1 Å². The molecule has 0 saturated carbocycles. The summed E-state index contributed by atoms with van der Waals surface area (Å²) in [5, 5.41) is 5.03. The molecule has 164 valence electrons. The molecule has 0 bridgehead atoms. The van der Waals surface area contributed by atoms with Gasteiger partial charge >= 0.3 is 6.09 Å². The second-order valence-corrected chi connectivity index (χ2v) is 9.14. The lowest BCUT2D eigenvalue weighted by atomic mass is 9.72. The van der Waals surface area contributed by atoms with Crippen LogP contribution < -0.4 is 9.80 Å². The Morgan fingerprint density at radius 2 is 1.97 bits per heavy atom.